The number of hydrogen-bond donors (Lipinski definition) is 0. The average molecular weight is 238 g/mol. The molecule has 0 saturated carbocycles. The van der Waals surface area contributed by atoms with Crippen molar-refractivity contribution < 1.29 is 9.31 Å². The summed E-state index contributed by atoms with van der Waals surface area (Å²) in [5.41, 5.74) is 1.05. The highest BCUT2D eigenvalue weighted by atomic mass is 19.1. The maximum absolute atomic E-state index is 12.9. The first-order valence-corrected chi connectivity index (χ1v) is 5.75. The highest BCUT2D eigenvalue weighted by Gasteiger charge is 2.21. The second-order valence-electron chi connectivity index (χ2n) is 4.36. The van der Waals surface area contributed by atoms with Crippen LogP contribution in [0.1, 0.15) is 12.0 Å². The Morgan fingerprint density at radius 2 is 2.35 bits per heavy atom. The fraction of sp³-hybridized carbons (Fsp3) is 0.500. The van der Waals surface area contributed by atoms with Crippen molar-refractivity contribution in [3.63, 3.8) is 0 Å². The van der Waals surface area contributed by atoms with Gasteiger partial charge in [-0.25, -0.2) is 4.39 Å². The summed E-state index contributed by atoms with van der Waals surface area (Å²) in [7, 11) is 0. The number of non-ortho nitro benzene ring substituents is 1. The molecule has 1 heterocycles. The fourth-order valence-corrected chi connectivity index (χ4v) is 2.10. The topological polar surface area (TPSA) is 46.4 Å². The predicted octanol–water partition coefficient (Wildman–Crippen LogP) is 2.18. The summed E-state index contributed by atoms with van der Waals surface area (Å²) in [5.74, 6) is 0. The largest absolute Gasteiger partial charge is 0.300 e. The second kappa shape index (κ2) is 5.23. The third-order valence-corrected chi connectivity index (χ3v) is 3.05. The minimum atomic E-state index is -0.708. The predicted molar refractivity (Wildman–Crippen MR) is 62.8 cm³/mol. The standard InChI is InChI=1S/C12H15FN2O2/c13-11-5-7-14(9-11)6-4-10-2-1-3-12(8-10)15(16)17/h1-3,8,11H,4-7,9H2. The summed E-state index contributed by atoms with van der Waals surface area (Å²) in [6, 6.07) is 6.63. The van der Waals surface area contributed by atoms with Gasteiger partial charge in [0.05, 0.1) is 4.92 Å². The number of alkyl halides is 1. The number of nitro groups is 1. The Kier molecular flexibility index (Phi) is 3.68. The number of halogens is 1. The van der Waals surface area contributed by atoms with Gasteiger partial charge in [0, 0.05) is 31.8 Å². The first kappa shape index (κ1) is 12.0. The molecule has 17 heavy (non-hydrogen) atoms. The Morgan fingerprint density at radius 1 is 1.53 bits per heavy atom. The van der Waals surface area contributed by atoms with Gasteiger partial charge >= 0.3 is 0 Å². The SMILES string of the molecule is O=[N+]([O-])c1cccc(CCN2CCC(F)C2)c1. The summed E-state index contributed by atoms with van der Waals surface area (Å²) >= 11 is 0. The Balaban J connectivity index is 1.90. The molecule has 0 amide bonds. The van der Waals surface area contributed by atoms with Gasteiger partial charge in [-0.05, 0) is 18.4 Å². The zero-order chi connectivity index (χ0) is 12.3. The molecule has 0 aromatic heterocycles. The molecule has 4 nitrogen and oxygen atoms in total. The van der Waals surface area contributed by atoms with Crippen LogP contribution in [0.2, 0.25) is 0 Å². The van der Waals surface area contributed by atoms with E-state index in [1.54, 1.807) is 12.1 Å². The highest BCUT2D eigenvalue weighted by molar-refractivity contribution is 5.34. The number of nitrogens with zero attached hydrogens (tertiary/aromatic N) is 2. The van der Waals surface area contributed by atoms with E-state index in [1.807, 2.05) is 6.07 Å². The molecule has 0 aliphatic carbocycles. The molecule has 0 spiro atoms. The zero-order valence-corrected chi connectivity index (χ0v) is 9.51. The molecule has 5 heteroatoms. The van der Waals surface area contributed by atoms with Gasteiger partial charge in [0.1, 0.15) is 6.17 Å². The molecule has 1 saturated heterocycles. The molecule has 0 radical (unpaired) electrons. The lowest BCUT2D eigenvalue weighted by molar-refractivity contribution is -0.384. The smallest absolute Gasteiger partial charge is 0.269 e. The molecule has 1 aromatic rings. The molecule has 0 bridgehead atoms. The first-order valence-electron chi connectivity index (χ1n) is 5.75. The van der Waals surface area contributed by atoms with Crippen LogP contribution in [0.15, 0.2) is 24.3 Å². The molecular formula is C12H15FN2O2. The van der Waals surface area contributed by atoms with Crippen molar-refractivity contribution in [2.45, 2.75) is 19.0 Å². The van der Waals surface area contributed by atoms with E-state index >= 15 is 0 Å². The lowest BCUT2D eigenvalue weighted by Gasteiger charge is -2.13. The third kappa shape index (κ3) is 3.23. The van der Waals surface area contributed by atoms with Crippen molar-refractivity contribution >= 4 is 5.69 Å². The Labute approximate surface area is 99.2 Å². The van der Waals surface area contributed by atoms with E-state index in [0.29, 0.717) is 13.0 Å². The number of rotatable bonds is 4. The van der Waals surface area contributed by atoms with Crippen LogP contribution >= 0.6 is 0 Å². The van der Waals surface area contributed by atoms with Crippen LogP contribution in [0.3, 0.4) is 0 Å². The lowest BCUT2D eigenvalue weighted by atomic mass is 10.1. The molecule has 92 valence electrons. The summed E-state index contributed by atoms with van der Waals surface area (Å²) in [4.78, 5) is 12.3. The highest BCUT2D eigenvalue weighted by Crippen LogP contribution is 2.16. The summed E-state index contributed by atoms with van der Waals surface area (Å²) in [6.07, 6.45) is 0.628. The van der Waals surface area contributed by atoms with Crippen molar-refractivity contribution in [2.24, 2.45) is 0 Å². The van der Waals surface area contributed by atoms with E-state index in [9.17, 15) is 14.5 Å². The third-order valence-electron chi connectivity index (χ3n) is 3.05. The first-order chi connectivity index (χ1) is 8.15. The van der Waals surface area contributed by atoms with E-state index in [2.05, 4.69) is 4.90 Å². The molecule has 1 atom stereocenters. The van der Waals surface area contributed by atoms with Gasteiger partial charge in [-0.2, -0.15) is 0 Å². The number of benzene rings is 1. The molecular weight excluding hydrogens is 223 g/mol. The van der Waals surface area contributed by atoms with Crippen molar-refractivity contribution in [2.75, 3.05) is 19.6 Å². The van der Waals surface area contributed by atoms with Gasteiger partial charge in [-0.3, -0.25) is 10.1 Å². The summed E-state index contributed by atoms with van der Waals surface area (Å²) in [6.45, 7) is 2.05. The van der Waals surface area contributed by atoms with Gasteiger partial charge in [-0.15, -0.1) is 0 Å². The number of hydrogen-bond acceptors (Lipinski definition) is 3. The second-order valence-corrected chi connectivity index (χ2v) is 4.36. The molecule has 1 aliphatic rings. The van der Waals surface area contributed by atoms with Crippen LogP contribution in [0.5, 0.6) is 0 Å². The lowest BCUT2D eigenvalue weighted by Crippen LogP contribution is -2.23. The van der Waals surface area contributed by atoms with Gasteiger partial charge in [0.15, 0.2) is 0 Å². The van der Waals surface area contributed by atoms with Crippen molar-refractivity contribution in [1.82, 2.24) is 4.90 Å². The minimum Gasteiger partial charge on any atom is -0.300 e. The van der Waals surface area contributed by atoms with Gasteiger partial charge in [0.2, 0.25) is 0 Å². The van der Waals surface area contributed by atoms with E-state index in [-0.39, 0.29) is 5.69 Å². The van der Waals surface area contributed by atoms with Crippen LogP contribution in [0.25, 0.3) is 0 Å². The van der Waals surface area contributed by atoms with Crippen molar-refractivity contribution in [3.05, 3.63) is 39.9 Å². The molecule has 1 unspecified atom stereocenters. The van der Waals surface area contributed by atoms with Crippen LogP contribution in [0.4, 0.5) is 10.1 Å². The summed E-state index contributed by atoms with van der Waals surface area (Å²) < 4.78 is 12.9. The van der Waals surface area contributed by atoms with E-state index in [0.717, 1.165) is 25.1 Å². The molecule has 1 fully saturated rings. The maximum atomic E-state index is 12.9. The number of likely N-dealkylation sites (tertiary alicyclic amines) is 1. The van der Waals surface area contributed by atoms with Gasteiger partial charge in [0.25, 0.3) is 5.69 Å². The molecule has 1 aliphatic heterocycles. The molecule has 1 aromatic carbocycles. The van der Waals surface area contributed by atoms with Crippen LogP contribution in [-0.2, 0) is 6.42 Å². The Morgan fingerprint density at radius 3 is 3.00 bits per heavy atom. The quantitative estimate of drug-likeness (QED) is 0.596. The Bertz CT molecular complexity index is 411. The zero-order valence-electron chi connectivity index (χ0n) is 9.51. The van der Waals surface area contributed by atoms with E-state index in [4.69, 9.17) is 0 Å². The monoisotopic (exact) mass is 238 g/mol. The van der Waals surface area contributed by atoms with Gasteiger partial charge < -0.3 is 4.90 Å². The van der Waals surface area contributed by atoms with E-state index < -0.39 is 11.1 Å². The van der Waals surface area contributed by atoms with Crippen molar-refractivity contribution in [1.29, 1.82) is 0 Å². The van der Waals surface area contributed by atoms with Crippen LogP contribution < -0.4 is 0 Å². The average Bonchev–Trinajstić information content (AvgIpc) is 2.73. The Hall–Kier alpha value is -1.49. The van der Waals surface area contributed by atoms with E-state index in [1.165, 1.54) is 6.07 Å². The molecule has 0 N–H and O–H groups in total. The molecule has 2 rings (SSSR count). The normalized spacial score (nSPS) is 20.6. The van der Waals surface area contributed by atoms with Crippen LogP contribution in [-0.4, -0.2) is 35.6 Å². The number of nitro benzene ring substituents is 1. The maximum Gasteiger partial charge on any atom is 0.269 e. The van der Waals surface area contributed by atoms with Crippen LogP contribution in [0, 0.1) is 10.1 Å². The minimum absolute atomic E-state index is 0.118. The summed E-state index contributed by atoms with van der Waals surface area (Å²) in [5, 5.41) is 10.6. The van der Waals surface area contributed by atoms with Crippen molar-refractivity contribution in [3.8, 4) is 0 Å². The fourth-order valence-electron chi connectivity index (χ4n) is 2.10. The van der Waals surface area contributed by atoms with Gasteiger partial charge in [-0.1, -0.05) is 12.1 Å².